The van der Waals surface area contributed by atoms with Crippen molar-refractivity contribution in [3.63, 3.8) is 0 Å². The van der Waals surface area contributed by atoms with Gasteiger partial charge in [-0.1, -0.05) is 25.5 Å². The molecule has 1 fully saturated rings. The van der Waals surface area contributed by atoms with Crippen molar-refractivity contribution in [1.82, 2.24) is 0 Å². The number of nitrogens with zero attached hydrogens (tertiary/aromatic N) is 1. The smallest absolute Gasteiger partial charge is 0.282 e. The van der Waals surface area contributed by atoms with Gasteiger partial charge < -0.3 is 4.90 Å². The van der Waals surface area contributed by atoms with Crippen LogP contribution in [-0.2, 0) is 6.42 Å². The molecular weight excluding hydrogens is 196 g/mol. The molecule has 82 valence electrons. The minimum Gasteiger partial charge on any atom is -0.359 e. The van der Waals surface area contributed by atoms with E-state index in [9.17, 15) is 8.78 Å². The van der Waals surface area contributed by atoms with Crippen LogP contribution < -0.4 is 4.90 Å². The molecule has 0 N–H and O–H groups in total. The Labute approximate surface area is 88.7 Å². The van der Waals surface area contributed by atoms with Crippen molar-refractivity contribution in [3.8, 4) is 0 Å². The van der Waals surface area contributed by atoms with Crippen molar-refractivity contribution < 1.29 is 8.78 Å². The molecule has 1 heterocycles. The summed E-state index contributed by atoms with van der Waals surface area (Å²) in [7, 11) is 0. The van der Waals surface area contributed by atoms with Crippen molar-refractivity contribution in [1.29, 1.82) is 0 Å². The lowest BCUT2D eigenvalue weighted by Crippen LogP contribution is -2.56. The topological polar surface area (TPSA) is 3.24 Å². The zero-order chi connectivity index (χ0) is 10.9. The molecule has 1 aromatic rings. The Kier molecular flexibility index (Phi) is 2.63. The van der Waals surface area contributed by atoms with Crippen LogP contribution in [0.15, 0.2) is 24.3 Å². The number of aryl methyl sites for hydroxylation is 1. The number of alkyl halides is 2. The van der Waals surface area contributed by atoms with Gasteiger partial charge in [0.15, 0.2) is 0 Å². The van der Waals surface area contributed by atoms with Gasteiger partial charge in [0.1, 0.15) is 0 Å². The summed E-state index contributed by atoms with van der Waals surface area (Å²) in [5.41, 5.74) is 2.18. The van der Waals surface area contributed by atoms with Gasteiger partial charge in [-0.3, -0.25) is 0 Å². The zero-order valence-electron chi connectivity index (χ0n) is 8.84. The molecule has 0 radical (unpaired) electrons. The number of benzene rings is 1. The fourth-order valence-electron chi connectivity index (χ4n) is 1.86. The summed E-state index contributed by atoms with van der Waals surface area (Å²) in [5.74, 6) is -2.48. The molecule has 15 heavy (non-hydrogen) atoms. The van der Waals surface area contributed by atoms with Gasteiger partial charge in [0.05, 0.1) is 13.1 Å². The third-order valence-corrected chi connectivity index (χ3v) is 2.68. The fraction of sp³-hybridized carbons (Fsp3) is 0.500. The SMILES string of the molecule is CCCc1ccc(N2CC(F)(F)C2)cc1. The van der Waals surface area contributed by atoms with Crippen LogP contribution in [0.3, 0.4) is 0 Å². The second-order valence-electron chi connectivity index (χ2n) is 4.13. The predicted octanol–water partition coefficient (Wildman–Crippen LogP) is 3.09. The first-order valence-electron chi connectivity index (χ1n) is 5.32. The lowest BCUT2D eigenvalue weighted by molar-refractivity contribution is -0.0262. The summed E-state index contributed by atoms with van der Waals surface area (Å²) in [4.78, 5) is 1.70. The number of hydrogen-bond donors (Lipinski definition) is 0. The van der Waals surface area contributed by atoms with Crippen molar-refractivity contribution in [2.75, 3.05) is 18.0 Å². The second kappa shape index (κ2) is 3.80. The molecule has 0 saturated carbocycles. The molecule has 2 rings (SSSR count). The van der Waals surface area contributed by atoms with E-state index < -0.39 is 5.92 Å². The van der Waals surface area contributed by atoms with Crippen LogP contribution in [-0.4, -0.2) is 19.0 Å². The zero-order valence-corrected chi connectivity index (χ0v) is 8.84. The Morgan fingerprint density at radius 2 is 1.80 bits per heavy atom. The summed E-state index contributed by atoms with van der Waals surface area (Å²) in [6.45, 7) is 1.85. The van der Waals surface area contributed by atoms with Crippen LogP contribution in [0.5, 0.6) is 0 Å². The molecular formula is C12H15F2N. The normalized spacial score (nSPS) is 18.7. The molecule has 0 aliphatic carbocycles. The number of hydrogen-bond acceptors (Lipinski definition) is 1. The van der Waals surface area contributed by atoms with Gasteiger partial charge >= 0.3 is 0 Å². The number of halogens is 2. The standard InChI is InChI=1S/C12H15F2N/c1-2-3-10-4-6-11(7-5-10)15-8-12(13,14)9-15/h4-7H,2-3,8-9H2,1H3. The van der Waals surface area contributed by atoms with E-state index in [0.29, 0.717) is 0 Å². The summed E-state index contributed by atoms with van der Waals surface area (Å²) in [6, 6.07) is 7.91. The average Bonchev–Trinajstić information content (AvgIpc) is 2.16. The van der Waals surface area contributed by atoms with Crippen LogP contribution in [0, 0.1) is 0 Å². The Morgan fingerprint density at radius 1 is 1.20 bits per heavy atom. The Balaban J connectivity index is 1.99. The van der Waals surface area contributed by atoms with E-state index in [1.165, 1.54) is 5.56 Å². The molecule has 1 aliphatic heterocycles. The average molecular weight is 211 g/mol. The van der Waals surface area contributed by atoms with E-state index in [4.69, 9.17) is 0 Å². The molecule has 1 nitrogen and oxygen atoms in total. The maximum absolute atomic E-state index is 12.6. The molecule has 1 aromatic carbocycles. The van der Waals surface area contributed by atoms with Gasteiger partial charge in [-0.25, -0.2) is 8.78 Å². The highest BCUT2D eigenvalue weighted by Crippen LogP contribution is 2.31. The summed E-state index contributed by atoms with van der Waals surface area (Å²) >= 11 is 0. The third kappa shape index (κ3) is 2.28. The number of anilines is 1. The highest BCUT2D eigenvalue weighted by molar-refractivity contribution is 5.50. The monoisotopic (exact) mass is 211 g/mol. The molecule has 3 heteroatoms. The minimum absolute atomic E-state index is 0.139. The summed E-state index contributed by atoms with van der Waals surface area (Å²) < 4.78 is 25.3. The largest absolute Gasteiger partial charge is 0.359 e. The maximum Gasteiger partial charge on any atom is 0.282 e. The van der Waals surface area contributed by atoms with Crippen molar-refractivity contribution in [3.05, 3.63) is 29.8 Å². The van der Waals surface area contributed by atoms with Gasteiger partial charge in [-0.05, 0) is 24.1 Å². The van der Waals surface area contributed by atoms with Gasteiger partial charge in [-0.2, -0.15) is 0 Å². The Bertz CT molecular complexity index is 324. The molecule has 0 aromatic heterocycles. The van der Waals surface area contributed by atoms with E-state index in [1.807, 2.05) is 24.3 Å². The molecule has 0 bridgehead atoms. The second-order valence-corrected chi connectivity index (χ2v) is 4.13. The van der Waals surface area contributed by atoms with Crippen molar-refractivity contribution in [2.45, 2.75) is 25.7 Å². The maximum atomic E-state index is 12.6. The highest BCUT2D eigenvalue weighted by Gasteiger charge is 2.43. The van der Waals surface area contributed by atoms with Gasteiger partial charge in [0.25, 0.3) is 5.92 Å². The van der Waals surface area contributed by atoms with Crippen molar-refractivity contribution >= 4 is 5.69 Å². The molecule has 1 aliphatic rings. The summed E-state index contributed by atoms with van der Waals surface area (Å²) in [6.07, 6.45) is 2.16. The minimum atomic E-state index is -2.48. The third-order valence-electron chi connectivity index (χ3n) is 2.68. The molecule has 0 amide bonds. The van der Waals surface area contributed by atoms with Gasteiger partial charge in [0.2, 0.25) is 0 Å². The fourth-order valence-corrected chi connectivity index (χ4v) is 1.86. The highest BCUT2D eigenvalue weighted by atomic mass is 19.3. The number of rotatable bonds is 3. The van der Waals surface area contributed by atoms with E-state index >= 15 is 0 Å². The van der Waals surface area contributed by atoms with Crippen LogP contribution >= 0.6 is 0 Å². The van der Waals surface area contributed by atoms with Gasteiger partial charge in [-0.15, -0.1) is 0 Å². The van der Waals surface area contributed by atoms with E-state index in [-0.39, 0.29) is 13.1 Å². The van der Waals surface area contributed by atoms with E-state index in [0.717, 1.165) is 18.5 Å². The first-order chi connectivity index (χ1) is 7.11. The lowest BCUT2D eigenvalue weighted by atomic mass is 10.1. The lowest BCUT2D eigenvalue weighted by Gasteiger charge is -2.40. The molecule has 0 spiro atoms. The van der Waals surface area contributed by atoms with Gasteiger partial charge in [0, 0.05) is 5.69 Å². The molecule has 0 unspecified atom stereocenters. The van der Waals surface area contributed by atoms with Crippen molar-refractivity contribution in [2.24, 2.45) is 0 Å². The summed E-state index contributed by atoms with van der Waals surface area (Å²) in [5, 5.41) is 0. The van der Waals surface area contributed by atoms with E-state index in [2.05, 4.69) is 6.92 Å². The van der Waals surface area contributed by atoms with E-state index in [1.54, 1.807) is 4.90 Å². The first-order valence-corrected chi connectivity index (χ1v) is 5.32. The molecule has 1 saturated heterocycles. The van der Waals surface area contributed by atoms with Crippen LogP contribution in [0.2, 0.25) is 0 Å². The predicted molar refractivity (Wildman–Crippen MR) is 57.6 cm³/mol. The first kappa shape index (κ1) is 10.4. The van der Waals surface area contributed by atoms with Crippen LogP contribution in [0.1, 0.15) is 18.9 Å². The van der Waals surface area contributed by atoms with Crippen LogP contribution in [0.25, 0.3) is 0 Å². The quantitative estimate of drug-likeness (QED) is 0.742. The Morgan fingerprint density at radius 3 is 2.27 bits per heavy atom. The molecule has 0 atom stereocenters. The Hall–Kier alpha value is -1.12. The van der Waals surface area contributed by atoms with Crippen LogP contribution in [0.4, 0.5) is 14.5 Å².